The maximum Gasteiger partial charge on any atom is 0.129 e. The number of rotatable bonds is 2. The minimum atomic E-state index is -0.0603. The fourth-order valence-electron chi connectivity index (χ4n) is 2.22. The summed E-state index contributed by atoms with van der Waals surface area (Å²) < 4.78 is 0. The van der Waals surface area contributed by atoms with Gasteiger partial charge in [0.05, 0.1) is 12.0 Å². The summed E-state index contributed by atoms with van der Waals surface area (Å²) in [6.45, 7) is 0. The van der Waals surface area contributed by atoms with Crippen LogP contribution in [0.3, 0.4) is 0 Å². The molecule has 0 aliphatic carbocycles. The molecule has 0 saturated heterocycles. The van der Waals surface area contributed by atoms with Crippen molar-refractivity contribution in [2.24, 2.45) is 0 Å². The van der Waals surface area contributed by atoms with Crippen molar-refractivity contribution in [1.29, 1.82) is 0 Å². The van der Waals surface area contributed by atoms with Gasteiger partial charge in [0.15, 0.2) is 0 Å². The first-order valence-electron chi connectivity index (χ1n) is 5.24. The van der Waals surface area contributed by atoms with Crippen LogP contribution in [0.15, 0.2) is 41.8 Å². The average Bonchev–Trinajstić information content (AvgIpc) is 2.95. The molecular weight excluding hydrogens is 218 g/mol. The predicted molar refractivity (Wildman–Crippen MR) is 65.9 cm³/mol. The summed E-state index contributed by atoms with van der Waals surface area (Å²) in [6.07, 6.45) is 1.04. The molecule has 80 valence electrons. The van der Waals surface area contributed by atoms with E-state index in [2.05, 4.69) is 11.4 Å². The molecular formula is C13H11NOS. The zero-order valence-electron chi connectivity index (χ0n) is 8.59. The monoisotopic (exact) mass is 229 g/mol. The van der Waals surface area contributed by atoms with E-state index in [1.807, 2.05) is 35.7 Å². The number of aldehydes is 1. The normalized spacial score (nSPS) is 22.5. The van der Waals surface area contributed by atoms with Gasteiger partial charge in [-0.25, -0.2) is 0 Å². The Morgan fingerprint density at radius 1 is 1.19 bits per heavy atom. The lowest BCUT2D eigenvalue weighted by atomic mass is 9.96. The van der Waals surface area contributed by atoms with Crippen LogP contribution in [0.1, 0.15) is 22.4 Å². The number of nitrogens with one attached hydrogen (secondary N) is 1. The second-order valence-corrected chi connectivity index (χ2v) is 4.87. The number of hydrogen-bond donors (Lipinski definition) is 1. The molecule has 2 heterocycles. The van der Waals surface area contributed by atoms with Gasteiger partial charge in [-0.1, -0.05) is 24.3 Å². The van der Waals surface area contributed by atoms with Gasteiger partial charge in [0, 0.05) is 10.6 Å². The van der Waals surface area contributed by atoms with Crippen molar-refractivity contribution in [2.45, 2.75) is 12.0 Å². The molecule has 3 rings (SSSR count). The molecule has 0 radical (unpaired) electrons. The molecule has 16 heavy (non-hydrogen) atoms. The molecule has 1 aliphatic rings. The van der Waals surface area contributed by atoms with Crippen molar-refractivity contribution < 1.29 is 4.79 Å². The van der Waals surface area contributed by atoms with Gasteiger partial charge in [0.1, 0.15) is 6.29 Å². The van der Waals surface area contributed by atoms with E-state index in [0.29, 0.717) is 0 Å². The summed E-state index contributed by atoms with van der Waals surface area (Å²) in [7, 11) is 0. The number of anilines is 1. The minimum absolute atomic E-state index is 0.0603. The summed E-state index contributed by atoms with van der Waals surface area (Å²) in [5, 5.41) is 5.46. The highest BCUT2D eigenvalue weighted by atomic mass is 32.1. The molecule has 2 unspecified atom stereocenters. The predicted octanol–water partition coefficient (Wildman–Crippen LogP) is 3.20. The zero-order chi connectivity index (χ0) is 11.0. The Labute approximate surface area is 97.9 Å². The molecule has 1 N–H and O–H groups in total. The topological polar surface area (TPSA) is 29.1 Å². The Kier molecular flexibility index (Phi) is 2.26. The van der Waals surface area contributed by atoms with Crippen LogP contribution in [0.5, 0.6) is 0 Å². The van der Waals surface area contributed by atoms with E-state index in [9.17, 15) is 4.79 Å². The second kappa shape index (κ2) is 3.76. The third kappa shape index (κ3) is 1.36. The minimum Gasteiger partial charge on any atom is -0.376 e. The van der Waals surface area contributed by atoms with E-state index in [-0.39, 0.29) is 12.0 Å². The molecule has 2 atom stereocenters. The molecule has 0 bridgehead atoms. The summed E-state index contributed by atoms with van der Waals surface area (Å²) in [5.74, 6) is -0.0603. The average molecular weight is 229 g/mol. The van der Waals surface area contributed by atoms with Gasteiger partial charge >= 0.3 is 0 Å². The van der Waals surface area contributed by atoms with Crippen molar-refractivity contribution in [1.82, 2.24) is 0 Å². The van der Waals surface area contributed by atoms with Crippen LogP contribution in [0.25, 0.3) is 0 Å². The molecule has 0 spiro atoms. The Morgan fingerprint density at radius 3 is 2.81 bits per heavy atom. The molecule has 1 aliphatic heterocycles. The maximum atomic E-state index is 11.2. The Morgan fingerprint density at radius 2 is 2.06 bits per heavy atom. The van der Waals surface area contributed by atoms with Crippen LogP contribution in [-0.4, -0.2) is 6.29 Å². The van der Waals surface area contributed by atoms with Gasteiger partial charge in [-0.05, 0) is 23.1 Å². The van der Waals surface area contributed by atoms with Crippen LogP contribution in [0, 0.1) is 0 Å². The van der Waals surface area contributed by atoms with E-state index in [1.165, 1.54) is 4.88 Å². The number of carbonyl (C=O) groups excluding carboxylic acids is 1. The summed E-state index contributed by atoms with van der Waals surface area (Å²) in [5.41, 5.74) is 2.19. The third-order valence-electron chi connectivity index (χ3n) is 2.99. The standard InChI is InChI=1S/C13H11NOS/c15-8-10-9-4-1-2-5-11(9)14-13(10)12-6-3-7-16-12/h1-8,10,13-14H. The Bertz CT molecular complexity index is 506. The van der Waals surface area contributed by atoms with E-state index in [4.69, 9.17) is 0 Å². The van der Waals surface area contributed by atoms with Crippen LogP contribution >= 0.6 is 11.3 Å². The number of fused-ring (bicyclic) bond motifs is 1. The SMILES string of the molecule is O=CC1c2ccccc2NC1c1cccs1. The van der Waals surface area contributed by atoms with Gasteiger partial charge in [0.2, 0.25) is 0 Å². The number of thiophene rings is 1. The van der Waals surface area contributed by atoms with Crippen molar-refractivity contribution >= 4 is 23.3 Å². The van der Waals surface area contributed by atoms with E-state index < -0.39 is 0 Å². The highest BCUT2D eigenvalue weighted by Crippen LogP contribution is 2.43. The molecule has 3 heteroatoms. The van der Waals surface area contributed by atoms with Crippen molar-refractivity contribution in [3.8, 4) is 0 Å². The Balaban J connectivity index is 2.04. The van der Waals surface area contributed by atoms with Crippen LogP contribution < -0.4 is 5.32 Å². The summed E-state index contributed by atoms with van der Waals surface area (Å²) in [4.78, 5) is 12.5. The van der Waals surface area contributed by atoms with Crippen molar-refractivity contribution in [3.63, 3.8) is 0 Å². The molecule has 1 aromatic carbocycles. The van der Waals surface area contributed by atoms with Crippen LogP contribution in [0.2, 0.25) is 0 Å². The van der Waals surface area contributed by atoms with Crippen LogP contribution in [-0.2, 0) is 4.79 Å². The van der Waals surface area contributed by atoms with Gasteiger partial charge < -0.3 is 10.1 Å². The fourth-order valence-corrected chi connectivity index (χ4v) is 3.05. The smallest absolute Gasteiger partial charge is 0.129 e. The third-order valence-corrected chi connectivity index (χ3v) is 3.94. The summed E-state index contributed by atoms with van der Waals surface area (Å²) >= 11 is 1.69. The highest BCUT2D eigenvalue weighted by molar-refractivity contribution is 7.10. The quantitative estimate of drug-likeness (QED) is 0.801. The number of para-hydroxylation sites is 1. The first kappa shape index (κ1) is 9.60. The number of benzene rings is 1. The Hall–Kier alpha value is -1.61. The first-order chi connectivity index (χ1) is 7.90. The lowest BCUT2D eigenvalue weighted by Gasteiger charge is -2.13. The van der Waals surface area contributed by atoms with E-state index in [1.54, 1.807) is 11.3 Å². The second-order valence-electron chi connectivity index (χ2n) is 3.89. The number of hydrogen-bond acceptors (Lipinski definition) is 3. The van der Waals surface area contributed by atoms with Gasteiger partial charge in [0.25, 0.3) is 0 Å². The van der Waals surface area contributed by atoms with Crippen LogP contribution in [0.4, 0.5) is 5.69 Å². The van der Waals surface area contributed by atoms with E-state index in [0.717, 1.165) is 17.5 Å². The molecule has 0 saturated carbocycles. The lowest BCUT2D eigenvalue weighted by Crippen LogP contribution is -2.10. The largest absolute Gasteiger partial charge is 0.376 e. The molecule has 2 nitrogen and oxygen atoms in total. The van der Waals surface area contributed by atoms with Crippen molar-refractivity contribution in [2.75, 3.05) is 5.32 Å². The summed E-state index contributed by atoms with van der Waals surface area (Å²) in [6, 6.07) is 12.2. The molecule has 0 amide bonds. The van der Waals surface area contributed by atoms with E-state index >= 15 is 0 Å². The molecule has 0 fully saturated rings. The fraction of sp³-hybridized carbons (Fsp3) is 0.154. The molecule has 2 aromatic rings. The van der Waals surface area contributed by atoms with Crippen molar-refractivity contribution in [3.05, 3.63) is 52.2 Å². The number of carbonyl (C=O) groups is 1. The molecule has 1 aromatic heterocycles. The van der Waals surface area contributed by atoms with Gasteiger partial charge in [-0.3, -0.25) is 0 Å². The lowest BCUT2D eigenvalue weighted by molar-refractivity contribution is -0.109. The highest BCUT2D eigenvalue weighted by Gasteiger charge is 2.32. The van der Waals surface area contributed by atoms with Gasteiger partial charge in [-0.2, -0.15) is 0 Å². The van der Waals surface area contributed by atoms with Gasteiger partial charge in [-0.15, -0.1) is 11.3 Å². The first-order valence-corrected chi connectivity index (χ1v) is 6.12. The zero-order valence-corrected chi connectivity index (χ0v) is 9.41. The maximum absolute atomic E-state index is 11.2.